The molecule has 2 aliphatic rings. The lowest BCUT2D eigenvalue weighted by Gasteiger charge is -2.35. The molecule has 0 amide bonds. The Kier molecular flexibility index (Phi) is 1.23. The first kappa shape index (κ1) is 7.51. The van der Waals surface area contributed by atoms with Gasteiger partial charge in [-0.3, -0.25) is 0 Å². The molecule has 3 rings (SSSR count). The van der Waals surface area contributed by atoms with Crippen LogP contribution in [-0.2, 0) is 6.42 Å². The second kappa shape index (κ2) is 2.13. The highest BCUT2D eigenvalue weighted by atomic mass is 19.1. The maximum absolute atomic E-state index is 13.2. The van der Waals surface area contributed by atoms with Crippen molar-refractivity contribution in [2.24, 2.45) is 5.73 Å². The molecule has 13 heavy (non-hydrogen) atoms. The van der Waals surface area contributed by atoms with Crippen molar-refractivity contribution in [2.45, 2.75) is 30.7 Å². The van der Waals surface area contributed by atoms with Crippen LogP contribution in [0.4, 0.5) is 4.39 Å². The van der Waals surface area contributed by atoms with Crippen molar-refractivity contribution in [3.8, 4) is 0 Å². The molecule has 1 aromatic rings. The summed E-state index contributed by atoms with van der Waals surface area (Å²) in [7, 11) is 0. The lowest BCUT2D eigenvalue weighted by molar-refractivity contribution is 0.447. The van der Waals surface area contributed by atoms with Gasteiger partial charge < -0.3 is 5.73 Å². The molecule has 0 radical (unpaired) electrons. The molecule has 0 bridgehead atoms. The van der Waals surface area contributed by atoms with E-state index in [1.165, 1.54) is 6.07 Å². The smallest absolute Gasteiger partial charge is 0.126 e. The third kappa shape index (κ3) is 0.894. The van der Waals surface area contributed by atoms with E-state index in [2.05, 4.69) is 0 Å². The molecule has 0 heterocycles. The van der Waals surface area contributed by atoms with Gasteiger partial charge in [0.1, 0.15) is 5.82 Å². The molecule has 68 valence electrons. The van der Waals surface area contributed by atoms with Crippen LogP contribution < -0.4 is 5.73 Å². The molecule has 0 aromatic heterocycles. The molecule has 1 saturated carbocycles. The molecule has 2 heteroatoms. The fraction of sp³-hybridized carbons (Fsp3) is 0.455. The fourth-order valence-corrected chi connectivity index (χ4v) is 2.31. The summed E-state index contributed by atoms with van der Waals surface area (Å²) >= 11 is 0. The average Bonchev–Trinajstić information content (AvgIpc) is 2.74. The standard InChI is InChI=1S/C11H12FN/c12-10-3-1-2-7-8(10)6-9(7)11(13)4-5-11/h1-3,9H,4-6,13H2. The summed E-state index contributed by atoms with van der Waals surface area (Å²) in [5.41, 5.74) is 8.15. The van der Waals surface area contributed by atoms with Gasteiger partial charge in [0.15, 0.2) is 0 Å². The first-order valence-corrected chi connectivity index (χ1v) is 4.77. The predicted octanol–water partition coefficient (Wildman–Crippen LogP) is 1.96. The average molecular weight is 177 g/mol. The molecule has 1 aromatic carbocycles. The number of hydrogen-bond donors (Lipinski definition) is 1. The maximum atomic E-state index is 13.2. The highest BCUT2D eigenvalue weighted by molar-refractivity contribution is 5.45. The topological polar surface area (TPSA) is 26.0 Å². The van der Waals surface area contributed by atoms with E-state index in [0.29, 0.717) is 5.92 Å². The van der Waals surface area contributed by atoms with Crippen LogP contribution in [0, 0.1) is 5.82 Å². The summed E-state index contributed by atoms with van der Waals surface area (Å²) in [4.78, 5) is 0. The zero-order chi connectivity index (χ0) is 9.05. The Hall–Kier alpha value is -0.890. The van der Waals surface area contributed by atoms with Gasteiger partial charge in [-0.15, -0.1) is 0 Å². The summed E-state index contributed by atoms with van der Waals surface area (Å²) in [6, 6.07) is 5.33. The number of hydrogen-bond acceptors (Lipinski definition) is 1. The Morgan fingerprint density at radius 3 is 2.85 bits per heavy atom. The quantitative estimate of drug-likeness (QED) is 0.697. The zero-order valence-electron chi connectivity index (χ0n) is 7.39. The summed E-state index contributed by atoms with van der Waals surface area (Å²) in [5.74, 6) is 0.371. The monoisotopic (exact) mass is 177 g/mol. The normalized spacial score (nSPS) is 27.7. The Morgan fingerprint density at radius 1 is 1.38 bits per heavy atom. The van der Waals surface area contributed by atoms with Gasteiger partial charge >= 0.3 is 0 Å². The minimum Gasteiger partial charge on any atom is -0.325 e. The molecule has 0 spiro atoms. The Balaban J connectivity index is 2.01. The minimum atomic E-state index is -0.0574. The van der Waals surface area contributed by atoms with Crippen LogP contribution in [0.2, 0.25) is 0 Å². The van der Waals surface area contributed by atoms with Crippen LogP contribution in [0.25, 0.3) is 0 Å². The van der Waals surface area contributed by atoms with E-state index in [9.17, 15) is 4.39 Å². The number of nitrogens with two attached hydrogens (primary N) is 1. The van der Waals surface area contributed by atoms with Gasteiger partial charge in [-0.2, -0.15) is 0 Å². The van der Waals surface area contributed by atoms with Gasteiger partial charge in [0.2, 0.25) is 0 Å². The molecule has 1 nitrogen and oxygen atoms in total. The molecule has 1 atom stereocenters. The molecule has 2 aliphatic carbocycles. The molecule has 0 saturated heterocycles. The molecule has 2 N–H and O–H groups in total. The van der Waals surface area contributed by atoms with Gasteiger partial charge in [-0.1, -0.05) is 12.1 Å². The van der Waals surface area contributed by atoms with E-state index in [1.807, 2.05) is 6.07 Å². The highest BCUT2D eigenvalue weighted by Crippen LogP contribution is 2.52. The molecular weight excluding hydrogens is 165 g/mol. The third-order valence-electron chi connectivity index (χ3n) is 3.46. The van der Waals surface area contributed by atoms with Crippen molar-refractivity contribution in [1.29, 1.82) is 0 Å². The van der Waals surface area contributed by atoms with Gasteiger partial charge in [0.25, 0.3) is 0 Å². The molecule has 1 fully saturated rings. The second-order valence-corrected chi connectivity index (χ2v) is 4.30. The summed E-state index contributed by atoms with van der Waals surface area (Å²) in [5, 5.41) is 0. The highest BCUT2D eigenvalue weighted by Gasteiger charge is 2.50. The predicted molar refractivity (Wildman–Crippen MR) is 49.0 cm³/mol. The van der Waals surface area contributed by atoms with Crippen LogP contribution in [0.3, 0.4) is 0 Å². The van der Waals surface area contributed by atoms with Crippen LogP contribution in [0.15, 0.2) is 18.2 Å². The van der Waals surface area contributed by atoms with E-state index in [1.54, 1.807) is 6.07 Å². The van der Waals surface area contributed by atoms with Gasteiger partial charge in [0.05, 0.1) is 0 Å². The molecule has 0 aliphatic heterocycles. The first-order valence-electron chi connectivity index (χ1n) is 4.77. The van der Waals surface area contributed by atoms with Crippen LogP contribution in [0.5, 0.6) is 0 Å². The van der Waals surface area contributed by atoms with Crippen molar-refractivity contribution < 1.29 is 4.39 Å². The van der Waals surface area contributed by atoms with Crippen molar-refractivity contribution in [1.82, 2.24) is 0 Å². The van der Waals surface area contributed by atoms with E-state index < -0.39 is 0 Å². The van der Waals surface area contributed by atoms with Gasteiger partial charge in [0, 0.05) is 11.5 Å². The van der Waals surface area contributed by atoms with E-state index in [0.717, 1.165) is 30.4 Å². The summed E-state index contributed by atoms with van der Waals surface area (Å²) < 4.78 is 13.2. The van der Waals surface area contributed by atoms with Crippen molar-refractivity contribution in [3.63, 3.8) is 0 Å². The minimum absolute atomic E-state index is 0.0147. The number of rotatable bonds is 1. The van der Waals surface area contributed by atoms with E-state index >= 15 is 0 Å². The Morgan fingerprint density at radius 2 is 2.15 bits per heavy atom. The van der Waals surface area contributed by atoms with Crippen molar-refractivity contribution in [3.05, 3.63) is 35.1 Å². The maximum Gasteiger partial charge on any atom is 0.126 e. The fourth-order valence-electron chi connectivity index (χ4n) is 2.31. The largest absolute Gasteiger partial charge is 0.325 e. The third-order valence-corrected chi connectivity index (χ3v) is 3.46. The summed E-state index contributed by atoms with van der Waals surface area (Å²) in [6.07, 6.45) is 3.06. The van der Waals surface area contributed by atoms with Gasteiger partial charge in [-0.05, 0) is 36.5 Å². The number of fused-ring (bicyclic) bond motifs is 1. The lowest BCUT2D eigenvalue weighted by Crippen LogP contribution is -2.38. The Bertz CT molecular complexity index is 368. The van der Waals surface area contributed by atoms with E-state index in [-0.39, 0.29) is 11.4 Å². The first-order chi connectivity index (χ1) is 6.21. The number of benzene rings is 1. The van der Waals surface area contributed by atoms with Crippen molar-refractivity contribution >= 4 is 0 Å². The van der Waals surface area contributed by atoms with Gasteiger partial charge in [-0.25, -0.2) is 4.39 Å². The van der Waals surface area contributed by atoms with Crippen molar-refractivity contribution in [2.75, 3.05) is 0 Å². The SMILES string of the molecule is NC1(C2Cc3c(F)cccc32)CC1. The molecular formula is C11H12FN. The van der Waals surface area contributed by atoms with Crippen LogP contribution >= 0.6 is 0 Å². The lowest BCUT2D eigenvalue weighted by atomic mass is 9.72. The second-order valence-electron chi connectivity index (χ2n) is 4.30. The van der Waals surface area contributed by atoms with Crippen LogP contribution in [0.1, 0.15) is 29.9 Å². The Labute approximate surface area is 76.7 Å². The summed E-state index contributed by atoms with van der Waals surface area (Å²) in [6.45, 7) is 0. The zero-order valence-corrected chi connectivity index (χ0v) is 7.39. The van der Waals surface area contributed by atoms with E-state index in [4.69, 9.17) is 5.73 Å². The molecule has 1 unspecified atom stereocenters. The van der Waals surface area contributed by atoms with Crippen LogP contribution in [-0.4, -0.2) is 5.54 Å². The number of halogens is 1.